The number of nitrogens with zero attached hydrogens (tertiary/aromatic N) is 1. The first-order valence-corrected chi connectivity index (χ1v) is 21.4. The molecule has 0 spiro atoms. The van der Waals surface area contributed by atoms with Crippen molar-refractivity contribution in [2.45, 2.75) is 0 Å². The summed E-state index contributed by atoms with van der Waals surface area (Å²) >= 11 is 1.84. The van der Waals surface area contributed by atoms with Crippen molar-refractivity contribution in [3.63, 3.8) is 0 Å². The van der Waals surface area contributed by atoms with E-state index >= 15 is 0 Å². The van der Waals surface area contributed by atoms with Crippen LogP contribution in [0.15, 0.2) is 236 Å². The molecular weight excluding hydrogens is 759 g/mol. The van der Waals surface area contributed by atoms with Crippen molar-refractivity contribution in [1.29, 1.82) is 0 Å². The second-order valence-electron chi connectivity index (χ2n) is 15.3. The fourth-order valence-electron chi connectivity index (χ4n) is 8.71. The van der Waals surface area contributed by atoms with Crippen LogP contribution in [0.4, 0.5) is 11.4 Å². The van der Waals surface area contributed by atoms with Gasteiger partial charge in [-0.3, -0.25) is 0 Å². The topological polar surface area (TPSA) is 16.4 Å². The molecule has 0 unspecified atom stereocenters. The highest BCUT2D eigenvalue weighted by Gasteiger charge is 2.18. The summed E-state index contributed by atoms with van der Waals surface area (Å²) in [4.78, 5) is 2.36. The number of para-hydroxylation sites is 1. The summed E-state index contributed by atoms with van der Waals surface area (Å²) in [5.41, 5.74) is 13.2. The average Bonchev–Trinajstić information content (AvgIpc) is 3.91. The zero-order valence-electron chi connectivity index (χ0n) is 33.3. The summed E-state index contributed by atoms with van der Waals surface area (Å²) in [6.07, 6.45) is 8.37. The van der Waals surface area contributed by atoms with E-state index in [2.05, 4.69) is 218 Å². The fraction of sp³-hybridized carbons (Fsp3) is 0. The van der Waals surface area contributed by atoms with E-state index < -0.39 is 0 Å². The minimum atomic E-state index is 0.913. The lowest BCUT2D eigenvalue weighted by atomic mass is 9.94. The van der Waals surface area contributed by atoms with Crippen LogP contribution in [0.25, 0.3) is 91.8 Å². The Balaban J connectivity index is 1.06. The standard InChI is InChI=1S/C58H39NOS/c1-2-14-39(40-15-5-3-6-16-40)33-34-59(52-21-13-24-56-58(52)50-20-10-12-23-55(50)61-56)48-36-46(41-17-7-4-8-18-41)35-47(37-48)43-27-25-42(26-28-43)45-30-29-44-31-32-54-57(51(44)38-45)49-19-9-11-22-53(49)60-54/h2-38H,1H2/b34-33-,39-14+. The molecule has 0 N–H and O–H groups in total. The van der Waals surface area contributed by atoms with E-state index in [1.54, 1.807) is 0 Å². The van der Waals surface area contributed by atoms with E-state index in [9.17, 15) is 0 Å². The monoisotopic (exact) mass is 797 g/mol. The molecule has 2 heterocycles. The normalized spacial score (nSPS) is 12.0. The van der Waals surface area contributed by atoms with E-state index in [1.807, 2.05) is 29.5 Å². The van der Waals surface area contributed by atoms with Gasteiger partial charge >= 0.3 is 0 Å². The highest BCUT2D eigenvalue weighted by atomic mass is 32.1. The van der Waals surface area contributed by atoms with Crippen molar-refractivity contribution >= 4 is 81.2 Å². The Hall–Kier alpha value is -7.72. The summed E-state index contributed by atoms with van der Waals surface area (Å²) in [5.74, 6) is 0. The quantitative estimate of drug-likeness (QED) is 0.135. The molecule has 0 aliphatic carbocycles. The average molecular weight is 798 g/mol. The van der Waals surface area contributed by atoms with Crippen molar-refractivity contribution in [1.82, 2.24) is 0 Å². The summed E-state index contributed by atoms with van der Waals surface area (Å²) in [6.45, 7) is 4.06. The Morgan fingerprint density at radius 2 is 1.11 bits per heavy atom. The van der Waals surface area contributed by atoms with Gasteiger partial charge in [0.05, 0.1) is 5.69 Å². The molecule has 2 aromatic heterocycles. The van der Waals surface area contributed by atoms with Gasteiger partial charge in [0.1, 0.15) is 11.2 Å². The summed E-state index contributed by atoms with van der Waals surface area (Å²) in [5, 5.41) is 7.21. The number of rotatable bonds is 9. The maximum Gasteiger partial charge on any atom is 0.136 e. The van der Waals surface area contributed by atoms with Crippen LogP contribution in [0, 0.1) is 0 Å². The Kier molecular flexibility index (Phi) is 9.22. The number of benzene rings is 9. The Labute approximate surface area is 358 Å². The van der Waals surface area contributed by atoms with Crippen LogP contribution >= 0.6 is 11.3 Å². The lowest BCUT2D eigenvalue weighted by molar-refractivity contribution is 0.669. The molecule has 0 amide bonds. The molecule has 2 nitrogen and oxygen atoms in total. The van der Waals surface area contributed by atoms with Crippen LogP contribution in [0.2, 0.25) is 0 Å². The van der Waals surface area contributed by atoms with Crippen molar-refractivity contribution in [3.8, 4) is 33.4 Å². The fourth-order valence-corrected chi connectivity index (χ4v) is 9.84. The molecular formula is C58H39NOS. The minimum absolute atomic E-state index is 0.913. The molecule has 11 rings (SSSR count). The Bertz CT molecular complexity index is 3480. The van der Waals surface area contributed by atoms with Crippen molar-refractivity contribution in [2.24, 2.45) is 0 Å². The molecule has 11 aromatic rings. The van der Waals surface area contributed by atoms with Gasteiger partial charge in [-0.15, -0.1) is 11.3 Å². The summed E-state index contributed by atoms with van der Waals surface area (Å²) in [7, 11) is 0. The molecule has 0 fully saturated rings. The molecule has 0 aliphatic rings. The van der Waals surface area contributed by atoms with E-state index in [0.29, 0.717) is 0 Å². The highest BCUT2D eigenvalue weighted by Crippen LogP contribution is 2.44. The van der Waals surface area contributed by atoms with Gasteiger partial charge in [0.25, 0.3) is 0 Å². The molecule has 0 saturated heterocycles. The minimum Gasteiger partial charge on any atom is -0.456 e. The highest BCUT2D eigenvalue weighted by molar-refractivity contribution is 7.26. The number of anilines is 2. The largest absolute Gasteiger partial charge is 0.456 e. The third kappa shape index (κ3) is 6.72. The molecule has 0 radical (unpaired) electrons. The van der Waals surface area contributed by atoms with Crippen molar-refractivity contribution in [2.75, 3.05) is 4.90 Å². The predicted octanol–water partition coefficient (Wildman–Crippen LogP) is 17.0. The molecule has 0 saturated carbocycles. The van der Waals surface area contributed by atoms with Crippen LogP contribution in [-0.4, -0.2) is 0 Å². The first-order chi connectivity index (χ1) is 30.2. The maximum atomic E-state index is 6.25. The number of hydrogen-bond donors (Lipinski definition) is 0. The zero-order chi connectivity index (χ0) is 40.7. The van der Waals surface area contributed by atoms with Crippen molar-refractivity contribution in [3.05, 3.63) is 237 Å². The van der Waals surface area contributed by atoms with Crippen LogP contribution in [0.5, 0.6) is 0 Å². The second-order valence-corrected chi connectivity index (χ2v) is 16.4. The van der Waals surface area contributed by atoms with E-state index in [4.69, 9.17) is 4.42 Å². The third-order valence-electron chi connectivity index (χ3n) is 11.7. The van der Waals surface area contributed by atoms with Crippen LogP contribution < -0.4 is 4.90 Å². The van der Waals surface area contributed by atoms with Gasteiger partial charge in [-0.2, -0.15) is 0 Å². The molecule has 0 bridgehead atoms. The second kappa shape index (κ2) is 15.5. The Morgan fingerprint density at radius 1 is 0.475 bits per heavy atom. The molecule has 288 valence electrons. The van der Waals surface area contributed by atoms with Gasteiger partial charge in [-0.05, 0) is 116 Å². The third-order valence-corrected chi connectivity index (χ3v) is 12.8. The molecule has 0 aliphatic heterocycles. The van der Waals surface area contributed by atoms with E-state index in [1.165, 1.54) is 36.5 Å². The number of allylic oxidation sites excluding steroid dienone is 4. The number of hydrogen-bond acceptors (Lipinski definition) is 3. The van der Waals surface area contributed by atoms with Crippen molar-refractivity contribution < 1.29 is 4.42 Å². The number of furan rings is 1. The predicted molar refractivity (Wildman–Crippen MR) is 263 cm³/mol. The van der Waals surface area contributed by atoms with Gasteiger partial charge in [-0.25, -0.2) is 0 Å². The zero-order valence-corrected chi connectivity index (χ0v) is 34.1. The van der Waals surface area contributed by atoms with Gasteiger partial charge < -0.3 is 9.32 Å². The van der Waals surface area contributed by atoms with Crippen LogP contribution in [0.3, 0.4) is 0 Å². The van der Waals surface area contributed by atoms with Gasteiger partial charge in [-0.1, -0.05) is 164 Å². The molecule has 61 heavy (non-hydrogen) atoms. The smallest absolute Gasteiger partial charge is 0.136 e. The van der Waals surface area contributed by atoms with Crippen LogP contribution in [0.1, 0.15) is 5.56 Å². The maximum absolute atomic E-state index is 6.25. The van der Waals surface area contributed by atoms with E-state index in [0.717, 1.165) is 72.3 Å². The van der Waals surface area contributed by atoms with Crippen LogP contribution in [-0.2, 0) is 0 Å². The molecule has 9 aromatic carbocycles. The van der Waals surface area contributed by atoms with Gasteiger partial charge in [0, 0.05) is 42.8 Å². The molecule has 0 atom stereocenters. The first kappa shape index (κ1) is 36.4. The lowest BCUT2D eigenvalue weighted by Crippen LogP contribution is -2.09. The summed E-state index contributed by atoms with van der Waals surface area (Å²) in [6, 6.07) is 71.9. The summed E-state index contributed by atoms with van der Waals surface area (Å²) < 4.78 is 8.78. The first-order valence-electron chi connectivity index (χ1n) is 20.6. The van der Waals surface area contributed by atoms with Gasteiger partial charge in [0.2, 0.25) is 0 Å². The number of thiophene rings is 1. The number of fused-ring (bicyclic) bond motifs is 8. The SMILES string of the molecule is C=C/C=C(\C=C/N(c1cc(-c2ccccc2)cc(-c2ccc(-c3ccc4ccc5oc6ccccc6c5c4c3)cc2)c1)c1cccc2sc3ccccc3c12)c1ccccc1. The molecule has 3 heteroatoms. The van der Waals surface area contributed by atoms with Gasteiger partial charge in [0.15, 0.2) is 0 Å². The van der Waals surface area contributed by atoms with E-state index in [-0.39, 0.29) is 0 Å². The Morgan fingerprint density at radius 3 is 1.90 bits per heavy atom. The lowest BCUT2D eigenvalue weighted by Gasteiger charge is -2.24.